The third kappa shape index (κ3) is 5.11. The van der Waals surface area contributed by atoms with Crippen LogP contribution in [0.25, 0.3) is 0 Å². The van der Waals surface area contributed by atoms with E-state index in [2.05, 4.69) is 6.58 Å². The number of ether oxygens (including phenoxy) is 1. The lowest BCUT2D eigenvalue weighted by molar-refractivity contribution is -0.118. The van der Waals surface area contributed by atoms with E-state index in [0.717, 1.165) is 0 Å². The van der Waals surface area contributed by atoms with E-state index in [1.165, 1.54) is 0 Å². The summed E-state index contributed by atoms with van der Waals surface area (Å²) in [5, 5.41) is 0. The second-order valence-corrected chi connectivity index (χ2v) is 3.64. The molecule has 0 aromatic heterocycles. The van der Waals surface area contributed by atoms with Crippen LogP contribution in [0.5, 0.6) is 0 Å². The first-order valence-electron chi connectivity index (χ1n) is 5.59. The van der Waals surface area contributed by atoms with Crippen molar-refractivity contribution in [1.82, 2.24) is 0 Å². The molecule has 0 fully saturated rings. The Bertz CT molecular complexity index is 382. The van der Waals surface area contributed by atoms with E-state index in [0.29, 0.717) is 24.8 Å². The summed E-state index contributed by atoms with van der Waals surface area (Å²) in [6, 6.07) is 8.80. The van der Waals surface area contributed by atoms with Gasteiger partial charge in [-0.25, -0.2) is 4.79 Å². The smallest absolute Gasteiger partial charge is 0.338 e. The summed E-state index contributed by atoms with van der Waals surface area (Å²) in [5.74, 6) is -0.225. The number of allylic oxidation sites excluding steroid dienone is 1. The van der Waals surface area contributed by atoms with Crippen molar-refractivity contribution in [1.29, 1.82) is 0 Å². The molecule has 0 saturated heterocycles. The molecule has 1 rings (SSSR count). The van der Waals surface area contributed by atoms with Gasteiger partial charge in [-0.2, -0.15) is 0 Å². The maximum atomic E-state index is 11.5. The van der Waals surface area contributed by atoms with Gasteiger partial charge in [-0.1, -0.05) is 24.3 Å². The number of esters is 1. The molecule has 0 spiro atoms. The van der Waals surface area contributed by atoms with Crippen LogP contribution in [0.15, 0.2) is 43.0 Å². The first-order valence-corrected chi connectivity index (χ1v) is 5.59. The lowest BCUT2D eigenvalue weighted by atomic mass is 10.2. The van der Waals surface area contributed by atoms with E-state index in [-0.39, 0.29) is 18.4 Å². The van der Waals surface area contributed by atoms with Gasteiger partial charge in [0, 0.05) is 12.8 Å². The average Bonchev–Trinajstić information content (AvgIpc) is 2.36. The summed E-state index contributed by atoms with van der Waals surface area (Å²) in [6.07, 6.45) is 2.95. The predicted octanol–water partition coefficient (Wildman–Crippen LogP) is 2.77. The number of carbonyl (C=O) groups is 2. The highest BCUT2D eigenvalue weighted by Crippen LogP contribution is 2.03. The fourth-order valence-electron chi connectivity index (χ4n) is 1.35. The van der Waals surface area contributed by atoms with Crippen molar-refractivity contribution < 1.29 is 14.3 Å². The number of benzene rings is 1. The minimum Gasteiger partial charge on any atom is -0.462 e. The van der Waals surface area contributed by atoms with E-state index in [4.69, 9.17) is 4.74 Å². The number of hydrogen-bond donors (Lipinski definition) is 0. The van der Waals surface area contributed by atoms with Gasteiger partial charge in [0.2, 0.25) is 0 Å². The Balaban J connectivity index is 2.21. The molecular weight excluding hydrogens is 216 g/mol. The SMILES string of the molecule is C=CCC(=O)CCCOC(=O)c1ccccc1. The van der Waals surface area contributed by atoms with Gasteiger partial charge in [0.25, 0.3) is 0 Å². The van der Waals surface area contributed by atoms with Crippen molar-refractivity contribution in [3.63, 3.8) is 0 Å². The second kappa shape index (κ2) is 7.39. The second-order valence-electron chi connectivity index (χ2n) is 3.64. The molecule has 0 aliphatic rings. The maximum absolute atomic E-state index is 11.5. The largest absolute Gasteiger partial charge is 0.462 e. The third-order valence-electron chi connectivity index (χ3n) is 2.21. The fraction of sp³-hybridized carbons (Fsp3) is 0.286. The lowest BCUT2D eigenvalue weighted by Crippen LogP contribution is -2.07. The standard InChI is InChI=1S/C14H16O3/c1-2-7-13(15)10-6-11-17-14(16)12-8-4-3-5-9-12/h2-5,8-9H,1,6-7,10-11H2. The predicted molar refractivity (Wildman–Crippen MR) is 65.8 cm³/mol. The number of carbonyl (C=O) groups excluding carboxylic acids is 2. The molecule has 17 heavy (non-hydrogen) atoms. The minimum atomic E-state index is -0.346. The first kappa shape index (κ1) is 13.2. The monoisotopic (exact) mass is 232 g/mol. The van der Waals surface area contributed by atoms with E-state index >= 15 is 0 Å². The van der Waals surface area contributed by atoms with Gasteiger partial charge in [0.1, 0.15) is 5.78 Å². The zero-order chi connectivity index (χ0) is 12.5. The topological polar surface area (TPSA) is 43.4 Å². The summed E-state index contributed by atoms with van der Waals surface area (Å²) in [6.45, 7) is 3.77. The molecule has 3 nitrogen and oxygen atoms in total. The zero-order valence-corrected chi connectivity index (χ0v) is 9.72. The van der Waals surface area contributed by atoms with Gasteiger partial charge in [-0.05, 0) is 18.6 Å². The van der Waals surface area contributed by atoms with Gasteiger partial charge in [-0.15, -0.1) is 6.58 Å². The Morgan fingerprint density at radius 2 is 1.94 bits per heavy atom. The highest BCUT2D eigenvalue weighted by atomic mass is 16.5. The van der Waals surface area contributed by atoms with Crippen LogP contribution in [-0.2, 0) is 9.53 Å². The average molecular weight is 232 g/mol. The van der Waals surface area contributed by atoms with Crippen LogP contribution in [0.2, 0.25) is 0 Å². The molecule has 0 radical (unpaired) electrons. The Hall–Kier alpha value is -1.90. The molecular formula is C14H16O3. The summed E-state index contributed by atoms with van der Waals surface area (Å²) < 4.78 is 5.04. The van der Waals surface area contributed by atoms with Crippen LogP contribution < -0.4 is 0 Å². The molecule has 90 valence electrons. The summed E-state index contributed by atoms with van der Waals surface area (Å²) in [7, 11) is 0. The van der Waals surface area contributed by atoms with Crippen molar-refractivity contribution >= 4 is 11.8 Å². The van der Waals surface area contributed by atoms with Crippen molar-refractivity contribution in [2.75, 3.05) is 6.61 Å². The van der Waals surface area contributed by atoms with Crippen molar-refractivity contribution in [3.05, 3.63) is 48.6 Å². The number of hydrogen-bond acceptors (Lipinski definition) is 3. The normalized spacial score (nSPS) is 9.65. The number of Topliss-reactive ketones (excluding diaryl/α,β-unsaturated/α-hetero) is 1. The Morgan fingerprint density at radius 1 is 1.24 bits per heavy atom. The summed E-state index contributed by atoms with van der Waals surface area (Å²) >= 11 is 0. The quantitative estimate of drug-likeness (QED) is 0.412. The molecule has 0 heterocycles. The molecule has 0 saturated carbocycles. The van der Waals surface area contributed by atoms with E-state index in [9.17, 15) is 9.59 Å². The number of ketones is 1. The minimum absolute atomic E-state index is 0.121. The van der Waals surface area contributed by atoms with Crippen LogP contribution in [0.1, 0.15) is 29.6 Å². The van der Waals surface area contributed by atoms with Gasteiger partial charge >= 0.3 is 5.97 Å². The van der Waals surface area contributed by atoms with E-state index in [1.807, 2.05) is 6.07 Å². The van der Waals surface area contributed by atoms with Crippen LogP contribution >= 0.6 is 0 Å². The first-order chi connectivity index (χ1) is 8.24. The highest BCUT2D eigenvalue weighted by Gasteiger charge is 2.06. The Labute approximate surface area is 101 Å². The third-order valence-corrected chi connectivity index (χ3v) is 2.21. The van der Waals surface area contributed by atoms with Crippen LogP contribution in [0.3, 0.4) is 0 Å². The van der Waals surface area contributed by atoms with Crippen molar-refractivity contribution in [2.24, 2.45) is 0 Å². The van der Waals surface area contributed by atoms with Crippen molar-refractivity contribution in [2.45, 2.75) is 19.3 Å². The molecule has 0 atom stereocenters. The van der Waals surface area contributed by atoms with Gasteiger partial charge < -0.3 is 4.74 Å². The molecule has 1 aromatic carbocycles. The molecule has 3 heteroatoms. The molecule has 0 bridgehead atoms. The van der Waals surface area contributed by atoms with Gasteiger partial charge in [0.15, 0.2) is 0 Å². The lowest BCUT2D eigenvalue weighted by Gasteiger charge is -2.03. The Morgan fingerprint density at radius 3 is 2.59 bits per heavy atom. The molecule has 0 unspecified atom stereocenters. The summed E-state index contributed by atoms with van der Waals surface area (Å²) in [4.78, 5) is 22.6. The summed E-state index contributed by atoms with van der Waals surface area (Å²) in [5.41, 5.74) is 0.532. The Kier molecular flexibility index (Phi) is 5.72. The number of rotatable bonds is 7. The maximum Gasteiger partial charge on any atom is 0.338 e. The highest BCUT2D eigenvalue weighted by molar-refractivity contribution is 5.89. The molecule has 0 aliphatic heterocycles. The fourth-order valence-corrected chi connectivity index (χ4v) is 1.35. The molecule has 0 aliphatic carbocycles. The molecule has 0 N–H and O–H groups in total. The molecule has 1 aromatic rings. The van der Waals surface area contributed by atoms with Crippen LogP contribution in [-0.4, -0.2) is 18.4 Å². The van der Waals surface area contributed by atoms with E-state index < -0.39 is 0 Å². The van der Waals surface area contributed by atoms with Crippen molar-refractivity contribution in [3.8, 4) is 0 Å². The molecule has 0 amide bonds. The van der Waals surface area contributed by atoms with Gasteiger partial charge in [-0.3, -0.25) is 4.79 Å². The van der Waals surface area contributed by atoms with Crippen LogP contribution in [0.4, 0.5) is 0 Å². The zero-order valence-electron chi connectivity index (χ0n) is 9.72. The van der Waals surface area contributed by atoms with E-state index in [1.54, 1.807) is 30.3 Å². The van der Waals surface area contributed by atoms with Crippen LogP contribution in [0, 0.1) is 0 Å². The van der Waals surface area contributed by atoms with Gasteiger partial charge in [0.05, 0.1) is 12.2 Å².